The molecule has 0 unspecified atom stereocenters. The first-order chi connectivity index (χ1) is 20.8. The van der Waals surface area contributed by atoms with Gasteiger partial charge in [-0.05, 0) is 59.3 Å². The molecule has 0 bridgehead atoms. The van der Waals surface area contributed by atoms with E-state index in [1.54, 1.807) is 0 Å². The molecule has 0 N–H and O–H groups in total. The SMILES string of the molecule is c1ccc(-c2cnc(-n3c4ccccc4c4cc5cc6c(cc5cc43)c3ccccc3n6-c3ccccc3)cn2)cc1. The van der Waals surface area contributed by atoms with E-state index in [4.69, 9.17) is 9.97 Å². The van der Waals surface area contributed by atoms with E-state index in [2.05, 4.69) is 124 Å². The third kappa shape index (κ3) is 3.36. The quantitative estimate of drug-likeness (QED) is 0.225. The molecule has 9 aromatic rings. The second kappa shape index (κ2) is 8.88. The van der Waals surface area contributed by atoms with Gasteiger partial charge in [0.25, 0.3) is 0 Å². The van der Waals surface area contributed by atoms with E-state index < -0.39 is 0 Å². The van der Waals surface area contributed by atoms with Gasteiger partial charge in [-0.25, -0.2) is 4.98 Å². The van der Waals surface area contributed by atoms with Crippen LogP contribution in [-0.4, -0.2) is 19.1 Å². The summed E-state index contributed by atoms with van der Waals surface area (Å²) in [4.78, 5) is 9.70. The van der Waals surface area contributed by atoms with Crippen molar-refractivity contribution in [2.24, 2.45) is 0 Å². The molecule has 0 aliphatic rings. The fourth-order valence-corrected chi connectivity index (χ4v) is 6.48. The van der Waals surface area contributed by atoms with Crippen molar-refractivity contribution in [3.05, 3.63) is 146 Å². The van der Waals surface area contributed by atoms with Crippen LogP contribution >= 0.6 is 0 Å². The number of rotatable bonds is 3. The van der Waals surface area contributed by atoms with Crippen molar-refractivity contribution in [2.75, 3.05) is 0 Å². The Balaban J connectivity index is 1.32. The lowest BCUT2D eigenvalue weighted by Gasteiger charge is -2.09. The lowest BCUT2D eigenvalue weighted by molar-refractivity contribution is 1.05. The molecule has 0 saturated carbocycles. The van der Waals surface area contributed by atoms with Crippen LogP contribution in [0.5, 0.6) is 0 Å². The number of hydrogen-bond acceptors (Lipinski definition) is 2. The van der Waals surface area contributed by atoms with Crippen LogP contribution in [-0.2, 0) is 0 Å². The van der Waals surface area contributed by atoms with Crippen LogP contribution in [0.3, 0.4) is 0 Å². The maximum absolute atomic E-state index is 4.90. The summed E-state index contributed by atoms with van der Waals surface area (Å²) in [5.41, 5.74) is 7.75. The third-order valence-corrected chi connectivity index (χ3v) is 8.37. The molecule has 3 aromatic heterocycles. The summed E-state index contributed by atoms with van der Waals surface area (Å²) in [5, 5.41) is 7.31. The lowest BCUT2D eigenvalue weighted by atomic mass is 10.0. The van der Waals surface area contributed by atoms with Gasteiger partial charge in [-0.15, -0.1) is 0 Å². The Morgan fingerprint density at radius 2 is 0.952 bits per heavy atom. The molecule has 3 heterocycles. The van der Waals surface area contributed by atoms with Crippen LogP contribution < -0.4 is 0 Å². The molecule has 4 nitrogen and oxygen atoms in total. The van der Waals surface area contributed by atoms with Gasteiger partial charge in [0, 0.05) is 32.8 Å². The fourth-order valence-electron chi connectivity index (χ4n) is 6.48. The number of fused-ring (bicyclic) bond motifs is 7. The van der Waals surface area contributed by atoms with E-state index in [1.807, 2.05) is 30.6 Å². The molecule has 0 atom stereocenters. The van der Waals surface area contributed by atoms with Gasteiger partial charge in [0.15, 0.2) is 5.82 Å². The highest BCUT2D eigenvalue weighted by Crippen LogP contribution is 2.38. The number of nitrogens with zero attached hydrogens (tertiary/aromatic N) is 4. The molecular weight excluding hydrogens is 512 g/mol. The van der Waals surface area contributed by atoms with Crippen molar-refractivity contribution in [1.29, 1.82) is 0 Å². The van der Waals surface area contributed by atoms with Crippen molar-refractivity contribution in [3.8, 4) is 22.8 Å². The highest BCUT2D eigenvalue weighted by Gasteiger charge is 2.17. The largest absolute Gasteiger partial charge is 0.309 e. The maximum atomic E-state index is 4.90. The van der Waals surface area contributed by atoms with Gasteiger partial charge in [-0.1, -0.05) is 84.9 Å². The molecule has 0 spiro atoms. The summed E-state index contributed by atoms with van der Waals surface area (Å²) in [6.07, 6.45) is 3.75. The molecule has 42 heavy (non-hydrogen) atoms. The molecule has 0 radical (unpaired) electrons. The monoisotopic (exact) mass is 536 g/mol. The van der Waals surface area contributed by atoms with Crippen LogP contribution in [0.25, 0.3) is 77.1 Å². The molecule has 9 rings (SSSR count). The molecule has 0 aliphatic heterocycles. The fraction of sp³-hybridized carbons (Fsp3) is 0. The van der Waals surface area contributed by atoms with Crippen molar-refractivity contribution in [2.45, 2.75) is 0 Å². The average Bonchev–Trinajstić information content (AvgIpc) is 3.55. The lowest BCUT2D eigenvalue weighted by Crippen LogP contribution is -1.99. The van der Waals surface area contributed by atoms with E-state index in [0.717, 1.165) is 28.1 Å². The first kappa shape index (κ1) is 23.0. The molecule has 0 fully saturated rings. The molecule has 0 amide bonds. The van der Waals surface area contributed by atoms with Crippen LogP contribution in [0.2, 0.25) is 0 Å². The summed E-state index contributed by atoms with van der Waals surface area (Å²) >= 11 is 0. The van der Waals surface area contributed by atoms with Crippen LogP contribution in [0.1, 0.15) is 0 Å². The second-order valence-corrected chi connectivity index (χ2v) is 10.8. The highest BCUT2D eigenvalue weighted by molar-refractivity contribution is 6.18. The summed E-state index contributed by atoms with van der Waals surface area (Å²) in [7, 11) is 0. The average molecular weight is 537 g/mol. The molecule has 4 heteroatoms. The highest BCUT2D eigenvalue weighted by atomic mass is 15.1. The standard InChI is InChI=1S/C38H24N4/c1-3-11-25(12-4-1)33-23-40-38(24-39-33)42-35-18-10-8-16-30(35)32-20-26-21-36-31(19-27(26)22-37(32)42)29-15-7-9-17-34(29)41(36)28-13-5-2-6-14-28/h1-24H. The van der Waals surface area contributed by atoms with Crippen LogP contribution in [0.15, 0.2) is 146 Å². The minimum atomic E-state index is 0.807. The van der Waals surface area contributed by atoms with E-state index in [0.29, 0.717) is 0 Å². The van der Waals surface area contributed by atoms with Crippen LogP contribution in [0, 0.1) is 0 Å². The van der Waals surface area contributed by atoms with E-state index in [9.17, 15) is 0 Å². The predicted octanol–water partition coefficient (Wildman–Crippen LogP) is 9.49. The summed E-state index contributed by atoms with van der Waals surface area (Å²) in [6.45, 7) is 0. The molecule has 0 aliphatic carbocycles. The Morgan fingerprint density at radius 1 is 0.405 bits per heavy atom. The summed E-state index contributed by atoms with van der Waals surface area (Å²) in [6, 6.07) is 47.4. The van der Waals surface area contributed by atoms with Crippen molar-refractivity contribution >= 4 is 54.4 Å². The predicted molar refractivity (Wildman–Crippen MR) is 174 cm³/mol. The molecule has 196 valence electrons. The Hall–Kier alpha value is -5.74. The van der Waals surface area contributed by atoms with E-state index >= 15 is 0 Å². The number of benzene rings is 6. The number of aromatic nitrogens is 4. The topological polar surface area (TPSA) is 35.6 Å². The van der Waals surface area contributed by atoms with E-state index in [-0.39, 0.29) is 0 Å². The second-order valence-electron chi connectivity index (χ2n) is 10.8. The Labute approximate surface area is 241 Å². The van der Waals surface area contributed by atoms with E-state index in [1.165, 1.54) is 49.0 Å². The first-order valence-corrected chi connectivity index (χ1v) is 14.2. The number of hydrogen-bond donors (Lipinski definition) is 0. The van der Waals surface area contributed by atoms with Crippen molar-refractivity contribution in [3.63, 3.8) is 0 Å². The Morgan fingerprint density at radius 3 is 1.57 bits per heavy atom. The zero-order valence-corrected chi connectivity index (χ0v) is 22.6. The van der Waals surface area contributed by atoms with Gasteiger partial charge < -0.3 is 4.57 Å². The smallest absolute Gasteiger partial charge is 0.156 e. The van der Waals surface area contributed by atoms with Crippen molar-refractivity contribution in [1.82, 2.24) is 19.1 Å². The van der Waals surface area contributed by atoms with Crippen LogP contribution in [0.4, 0.5) is 0 Å². The normalized spacial score (nSPS) is 11.8. The minimum absolute atomic E-state index is 0.807. The van der Waals surface area contributed by atoms with Gasteiger partial charge in [-0.3, -0.25) is 9.55 Å². The number of para-hydroxylation sites is 3. The van der Waals surface area contributed by atoms with Gasteiger partial charge in [0.1, 0.15) is 0 Å². The molecule has 6 aromatic carbocycles. The Bertz CT molecular complexity index is 2430. The summed E-state index contributed by atoms with van der Waals surface area (Å²) in [5.74, 6) is 0.807. The molecule has 0 saturated heterocycles. The van der Waals surface area contributed by atoms with Gasteiger partial charge >= 0.3 is 0 Å². The third-order valence-electron chi connectivity index (χ3n) is 8.37. The molecular formula is C38H24N4. The minimum Gasteiger partial charge on any atom is -0.309 e. The zero-order valence-electron chi connectivity index (χ0n) is 22.6. The Kier molecular flexibility index (Phi) is 4.87. The summed E-state index contributed by atoms with van der Waals surface area (Å²) < 4.78 is 4.62. The van der Waals surface area contributed by atoms with Gasteiger partial charge in [0.2, 0.25) is 0 Å². The van der Waals surface area contributed by atoms with Gasteiger partial charge in [0.05, 0.1) is 40.2 Å². The maximum Gasteiger partial charge on any atom is 0.156 e. The zero-order chi connectivity index (χ0) is 27.6. The van der Waals surface area contributed by atoms with Gasteiger partial charge in [-0.2, -0.15) is 0 Å². The van der Waals surface area contributed by atoms with Crippen molar-refractivity contribution < 1.29 is 0 Å². The first-order valence-electron chi connectivity index (χ1n) is 14.2.